The molecule has 2 aromatic heterocycles. The lowest BCUT2D eigenvalue weighted by atomic mass is 9.72. The number of amides is 3. The Kier molecular flexibility index (Phi) is 9.72. The highest BCUT2D eigenvalue weighted by molar-refractivity contribution is 6.33. The minimum absolute atomic E-state index is 0.00348. The summed E-state index contributed by atoms with van der Waals surface area (Å²) >= 11 is 6.04. The van der Waals surface area contributed by atoms with Crippen molar-refractivity contribution >= 4 is 46.5 Å². The van der Waals surface area contributed by atoms with Crippen LogP contribution in [0.3, 0.4) is 0 Å². The van der Waals surface area contributed by atoms with Crippen molar-refractivity contribution in [2.45, 2.75) is 45.7 Å². The number of likely N-dealkylation sites (tertiary alicyclic amines) is 1. The summed E-state index contributed by atoms with van der Waals surface area (Å²) in [5.74, 6) is -1.40. The minimum atomic E-state index is -4.60. The minimum Gasteiger partial charge on any atom is -0.505 e. The molecule has 2 aliphatic heterocycles. The summed E-state index contributed by atoms with van der Waals surface area (Å²) in [7, 11) is 0. The summed E-state index contributed by atoms with van der Waals surface area (Å²) in [6.45, 7) is 4.64. The molecule has 17 heteroatoms. The van der Waals surface area contributed by atoms with Crippen LogP contribution in [0, 0.1) is 11.3 Å². The third kappa shape index (κ3) is 7.22. The monoisotopic (exact) mass is 728 g/mol. The van der Waals surface area contributed by atoms with Crippen LogP contribution in [0.25, 0.3) is 5.57 Å². The summed E-state index contributed by atoms with van der Waals surface area (Å²) in [5, 5.41) is 23.1. The molecule has 1 fully saturated rings. The van der Waals surface area contributed by atoms with Crippen LogP contribution in [0.4, 0.5) is 18.9 Å². The molecule has 1 aromatic carbocycles. The van der Waals surface area contributed by atoms with E-state index >= 15 is 0 Å². The molecule has 270 valence electrons. The number of hydrogen-bond acceptors (Lipinski definition) is 8. The van der Waals surface area contributed by atoms with Gasteiger partial charge in [0, 0.05) is 56.0 Å². The van der Waals surface area contributed by atoms with Gasteiger partial charge in [0.1, 0.15) is 5.75 Å². The van der Waals surface area contributed by atoms with Crippen LogP contribution in [-0.2, 0) is 15.8 Å². The van der Waals surface area contributed by atoms with Gasteiger partial charge in [-0.15, -0.1) is 9.90 Å². The Bertz CT molecular complexity index is 1930. The number of benzene rings is 1. The first-order valence-electron chi connectivity index (χ1n) is 16.4. The van der Waals surface area contributed by atoms with Gasteiger partial charge in [0.2, 0.25) is 11.8 Å². The molecule has 0 bridgehead atoms. The zero-order valence-corrected chi connectivity index (χ0v) is 28.6. The van der Waals surface area contributed by atoms with Crippen molar-refractivity contribution in [1.29, 1.82) is 0 Å². The van der Waals surface area contributed by atoms with E-state index in [2.05, 4.69) is 25.8 Å². The number of piperidine rings is 1. The molecule has 13 nitrogen and oxygen atoms in total. The number of aromatic amines is 1. The highest BCUT2D eigenvalue weighted by Gasteiger charge is 2.50. The number of halogens is 4. The second kappa shape index (κ2) is 13.9. The highest BCUT2D eigenvalue weighted by atomic mass is 35.5. The van der Waals surface area contributed by atoms with Gasteiger partial charge in [-0.2, -0.15) is 13.2 Å². The van der Waals surface area contributed by atoms with E-state index in [1.165, 1.54) is 25.3 Å². The molecule has 3 aromatic rings. The van der Waals surface area contributed by atoms with Crippen LogP contribution < -0.4 is 10.6 Å². The van der Waals surface area contributed by atoms with E-state index < -0.39 is 34.9 Å². The van der Waals surface area contributed by atoms with E-state index in [0.29, 0.717) is 55.9 Å². The average molecular weight is 729 g/mol. The van der Waals surface area contributed by atoms with Gasteiger partial charge in [-0.3, -0.25) is 24.3 Å². The molecule has 1 aliphatic carbocycles. The van der Waals surface area contributed by atoms with Crippen molar-refractivity contribution in [2.75, 3.05) is 38.0 Å². The van der Waals surface area contributed by atoms with Crippen molar-refractivity contribution in [2.24, 2.45) is 11.3 Å². The van der Waals surface area contributed by atoms with Crippen molar-refractivity contribution < 1.29 is 37.5 Å². The first-order chi connectivity index (χ1) is 24.2. The van der Waals surface area contributed by atoms with Gasteiger partial charge >= 0.3 is 6.18 Å². The van der Waals surface area contributed by atoms with E-state index in [4.69, 9.17) is 11.6 Å². The third-order valence-electron chi connectivity index (χ3n) is 9.77. The number of nitrogens with one attached hydrogen (secondary N) is 3. The fraction of sp³-hybridized carbons (Fsp3) is 0.412. The first kappa shape index (κ1) is 35.7. The maximum atomic E-state index is 14.3. The smallest absolute Gasteiger partial charge is 0.416 e. The Hall–Kier alpha value is -5.12. The predicted octanol–water partition coefficient (Wildman–Crippen LogP) is 4.70. The molecule has 3 amide bonds. The molecular formula is C34H36ClF3N8O5. The molecule has 1 saturated heterocycles. The summed E-state index contributed by atoms with van der Waals surface area (Å²) in [4.78, 5) is 60.7. The average Bonchev–Trinajstić information content (AvgIpc) is 3.33. The molecule has 0 saturated carbocycles. The Balaban J connectivity index is 1.23. The highest BCUT2D eigenvalue weighted by Crippen LogP contribution is 2.52. The molecule has 4 N–H and O–H groups in total. The van der Waals surface area contributed by atoms with Crippen LogP contribution >= 0.6 is 11.6 Å². The molecule has 1 unspecified atom stereocenters. The lowest BCUT2D eigenvalue weighted by Crippen LogP contribution is -2.45. The fourth-order valence-corrected chi connectivity index (χ4v) is 7.33. The number of carbonyl (C=O) groups is 4. The number of hydrogen-bond donors (Lipinski definition) is 4. The van der Waals surface area contributed by atoms with Gasteiger partial charge in [0.15, 0.2) is 11.5 Å². The van der Waals surface area contributed by atoms with E-state index in [9.17, 15) is 37.5 Å². The van der Waals surface area contributed by atoms with Crippen molar-refractivity contribution in [3.05, 3.63) is 76.0 Å². The Labute approximate surface area is 295 Å². The number of nitrogens with zero attached hydrogens (tertiary/aromatic N) is 5. The SMILES string of the molecule is CC(=O)N1CC=C(c2nn(C(=O)C3=C(NCC(=O)Nc4ccc(C(F)(F)F)cc4Cl)C(C)CC34CCN(C(=O)c3ncccc3O)CC4)[nH]2)CC1. The zero-order chi connectivity index (χ0) is 36.7. The maximum Gasteiger partial charge on any atom is 0.416 e. The van der Waals surface area contributed by atoms with Crippen molar-refractivity contribution in [1.82, 2.24) is 35.1 Å². The summed E-state index contributed by atoms with van der Waals surface area (Å²) in [6.07, 6.45) is 0.639. The van der Waals surface area contributed by atoms with E-state index in [1.807, 2.05) is 13.0 Å². The van der Waals surface area contributed by atoms with Gasteiger partial charge < -0.3 is 25.5 Å². The molecule has 6 rings (SSSR count). The maximum absolute atomic E-state index is 14.3. The van der Waals surface area contributed by atoms with Crippen LogP contribution in [0.5, 0.6) is 5.75 Å². The van der Waals surface area contributed by atoms with E-state index in [0.717, 1.165) is 28.6 Å². The van der Waals surface area contributed by atoms with Gasteiger partial charge in [-0.25, -0.2) is 4.98 Å². The summed E-state index contributed by atoms with van der Waals surface area (Å²) in [5.41, 5.74) is 0.125. The standard InChI is InChI=1S/C34H36ClF3N8O5/c1-19-17-33(9-14-45(15-10-33)32(51)29-25(48)4-3-11-39-29)27(31(50)46-42-30(43-46)21-7-12-44(13-8-21)20(2)47)28(19)40-18-26(49)41-24-6-5-22(16-23(24)35)34(36,37)38/h3-7,11,16,19,40,48H,8-10,12-15,17-18H2,1-2H3,(H,41,49)(H,42,43). The quantitative estimate of drug-likeness (QED) is 0.272. The van der Waals surface area contributed by atoms with Crippen LogP contribution in [-0.4, -0.2) is 91.2 Å². The third-order valence-corrected chi connectivity index (χ3v) is 10.1. The van der Waals surface area contributed by atoms with Crippen molar-refractivity contribution in [3.8, 4) is 5.75 Å². The Morgan fingerprint density at radius 1 is 1.10 bits per heavy atom. The fourth-order valence-electron chi connectivity index (χ4n) is 7.10. The molecule has 3 aliphatic rings. The number of H-pyrrole nitrogens is 1. The lowest BCUT2D eigenvalue weighted by Gasteiger charge is -2.41. The summed E-state index contributed by atoms with van der Waals surface area (Å²) in [6, 6.07) is 5.54. The van der Waals surface area contributed by atoms with E-state index in [1.54, 1.807) is 9.80 Å². The number of aromatic nitrogens is 4. The molecule has 0 radical (unpaired) electrons. The molecular weight excluding hydrogens is 693 g/mol. The number of allylic oxidation sites excluding steroid dienone is 2. The van der Waals surface area contributed by atoms with Gasteiger partial charge in [0.05, 0.1) is 22.8 Å². The van der Waals surface area contributed by atoms with Gasteiger partial charge in [0.25, 0.3) is 11.8 Å². The van der Waals surface area contributed by atoms with Crippen molar-refractivity contribution in [3.63, 3.8) is 0 Å². The van der Waals surface area contributed by atoms with Gasteiger partial charge in [-0.05, 0) is 67.5 Å². The molecule has 51 heavy (non-hydrogen) atoms. The normalized spacial score (nSPS) is 18.9. The van der Waals surface area contributed by atoms with E-state index in [-0.39, 0.29) is 53.6 Å². The number of carbonyl (C=O) groups excluding carboxylic acids is 4. The second-order valence-electron chi connectivity index (χ2n) is 13.1. The first-order valence-corrected chi connectivity index (χ1v) is 16.8. The topological polar surface area (TPSA) is 166 Å². The Morgan fingerprint density at radius 2 is 1.82 bits per heavy atom. The number of pyridine rings is 1. The lowest BCUT2D eigenvalue weighted by molar-refractivity contribution is -0.137. The number of aromatic hydroxyl groups is 1. The van der Waals surface area contributed by atoms with Gasteiger partial charge in [-0.1, -0.05) is 24.6 Å². The largest absolute Gasteiger partial charge is 0.505 e. The molecule has 1 atom stereocenters. The second-order valence-corrected chi connectivity index (χ2v) is 13.5. The number of rotatable bonds is 7. The number of anilines is 1. The summed E-state index contributed by atoms with van der Waals surface area (Å²) < 4.78 is 39.3. The molecule has 4 heterocycles. The van der Waals surface area contributed by atoms with Crippen LogP contribution in [0.2, 0.25) is 5.02 Å². The predicted molar refractivity (Wildman–Crippen MR) is 179 cm³/mol. The van der Waals surface area contributed by atoms with Crippen LogP contribution in [0.15, 0.2) is 53.9 Å². The number of alkyl halides is 3. The zero-order valence-electron chi connectivity index (χ0n) is 27.8. The van der Waals surface area contributed by atoms with Crippen LogP contribution in [0.1, 0.15) is 66.2 Å². The molecule has 1 spiro atoms. The Morgan fingerprint density at radius 3 is 2.43 bits per heavy atom.